The summed E-state index contributed by atoms with van der Waals surface area (Å²) in [6.45, 7) is -0.0154. The van der Waals surface area contributed by atoms with Crippen LogP contribution in [-0.2, 0) is 19.3 Å². The number of carbonyl (C=O) groups excluding carboxylic acids is 1. The fourth-order valence-electron chi connectivity index (χ4n) is 2.62. The number of carboxylic acids is 1. The molecular weight excluding hydrogens is 325 g/mol. The smallest absolute Gasteiger partial charge is 0.433 e. The molecule has 0 atom stereocenters. The van der Waals surface area contributed by atoms with Gasteiger partial charge in [-0.15, -0.1) is 0 Å². The van der Waals surface area contributed by atoms with Crippen molar-refractivity contribution < 1.29 is 27.9 Å². The molecule has 1 aliphatic heterocycles. The number of fused-ring (bicyclic) bond motifs is 1. The van der Waals surface area contributed by atoms with Gasteiger partial charge < -0.3 is 10.0 Å². The van der Waals surface area contributed by atoms with E-state index in [4.69, 9.17) is 5.11 Å². The standard InChI is InChI=1S/C16H11F3N2O3/c17-16(18,19)13-5-10(12(6-20-13)15(23)24)8-21-7-9-3-1-2-4-11(9)14(21)22/h1-6H,7-8H2,(H,23,24). The Morgan fingerprint density at radius 1 is 1.29 bits per heavy atom. The minimum Gasteiger partial charge on any atom is -0.478 e. The number of carbonyl (C=O) groups is 2. The minimum absolute atomic E-state index is 0.106. The summed E-state index contributed by atoms with van der Waals surface area (Å²) in [5, 5.41) is 9.15. The van der Waals surface area contributed by atoms with E-state index in [9.17, 15) is 22.8 Å². The average Bonchev–Trinajstić information content (AvgIpc) is 2.83. The number of hydrogen-bond acceptors (Lipinski definition) is 3. The van der Waals surface area contributed by atoms with Crippen LogP contribution in [0.3, 0.4) is 0 Å². The van der Waals surface area contributed by atoms with Crippen LogP contribution in [0.1, 0.15) is 37.5 Å². The van der Waals surface area contributed by atoms with Crippen molar-refractivity contribution in [3.63, 3.8) is 0 Å². The van der Waals surface area contributed by atoms with Gasteiger partial charge in [0.1, 0.15) is 5.69 Å². The van der Waals surface area contributed by atoms with Crippen molar-refractivity contribution in [2.45, 2.75) is 19.3 Å². The Hall–Kier alpha value is -2.90. The molecule has 5 nitrogen and oxygen atoms in total. The molecule has 1 N–H and O–H groups in total. The molecule has 124 valence electrons. The average molecular weight is 336 g/mol. The van der Waals surface area contributed by atoms with Gasteiger partial charge in [0, 0.05) is 24.8 Å². The van der Waals surface area contributed by atoms with Gasteiger partial charge in [-0.2, -0.15) is 13.2 Å². The van der Waals surface area contributed by atoms with Crippen molar-refractivity contribution in [2.75, 3.05) is 0 Å². The summed E-state index contributed by atoms with van der Waals surface area (Å²) in [4.78, 5) is 28.0. The number of hydrogen-bond donors (Lipinski definition) is 1. The second-order valence-corrected chi connectivity index (χ2v) is 5.35. The van der Waals surface area contributed by atoms with Crippen LogP contribution in [0.4, 0.5) is 13.2 Å². The summed E-state index contributed by atoms with van der Waals surface area (Å²) >= 11 is 0. The quantitative estimate of drug-likeness (QED) is 0.935. The van der Waals surface area contributed by atoms with E-state index < -0.39 is 17.8 Å². The normalized spacial score (nSPS) is 14.0. The Kier molecular flexibility index (Phi) is 3.75. The maximum atomic E-state index is 12.8. The zero-order valence-corrected chi connectivity index (χ0v) is 12.2. The largest absolute Gasteiger partial charge is 0.478 e. The Morgan fingerprint density at radius 3 is 2.62 bits per heavy atom. The molecule has 2 aromatic rings. The predicted molar refractivity (Wildman–Crippen MR) is 76.2 cm³/mol. The predicted octanol–water partition coefficient (Wildman–Crippen LogP) is 2.95. The van der Waals surface area contributed by atoms with Gasteiger partial charge in [0.25, 0.3) is 5.91 Å². The van der Waals surface area contributed by atoms with Gasteiger partial charge in [-0.25, -0.2) is 4.79 Å². The van der Waals surface area contributed by atoms with Gasteiger partial charge in [0.2, 0.25) is 0 Å². The fourth-order valence-corrected chi connectivity index (χ4v) is 2.62. The van der Waals surface area contributed by atoms with E-state index in [1.165, 1.54) is 4.90 Å². The van der Waals surface area contributed by atoms with E-state index in [2.05, 4.69) is 4.98 Å². The highest BCUT2D eigenvalue weighted by Gasteiger charge is 2.34. The van der Waals surface area contributed by atoms with Crippen LogP contribution in [0.5, 0.6) is 0 Å². The fraction of sp³-hybridized carbons (Fsp3) is 0.188. The molecule has 0 unspecified atom stereocenters. The number of benzene rings is 1. The van der Waals surface area contributed by atoms with E-state index in [0.717, 1.165) is 5.56 Å². The summed E-state index contributed by atoms with van der Waals surface area (Å²) < 4.78 is 38.4. The topological polar surface area (TPSA) is 70.5 Å². The molecule has 3 rings (SSSR count). The van der Waals surface area contributed by atoms with Gasteiger partial charge in [0.15, 0.2) is 0 Å². The lowest BCUT2D eigenvalue weighted by molar-refractivity contribution is -0.141. The molecule has 2 heterocycles. The van der Waals surface area contributed by atoms with Crippen molar-refractivity contribution in [3.8, 4) is 0 Å². The SMILES string of the molecule is O=C(O)c1cnc(C(F)(F)F)cc1CN1Cc2ccccc2C1=O. The molecule has 1 aromatic carbocycles. The number of nitrogens with zero attached hydrogens (tertiary/aromatic N) is 2. The van der Waals surface area contributed by atoms with Gasteiger partial charge in [-0.1, -0.05) is 18.2 Å². The van der Waals surface area contributed by atoms with Crippen LogP contribution in [0, 0.1) is 0 Å². The van der Waals surface area contributed by atoms with Crippen molar-refractivity contribution in [3.05, 3.63) is 64.5 Å². The van der Waals surface area contributed by atoms with Crippen LogP contribution in [0.25, 0.3) is 0 Å². The maximum Gasteiger partial charge on any atom is 0.433 e. The molecule has 0 saturated carbocycles. The molecule has 24 heavy (non-hydrogen) atoms. The Labute approximate surface area is 134 Å². The minimum atomic E-state index is -4.69. The molecule has 0 spiro atoms. The first-order valence-electron chi connectivity index (χ1n) is 6.94. The highest BCUT2D eigenvalue weighted by atomic mass is 19.4. The van der Waals surface area contributed by atoms with E-state index in [0.29, 0.717) is 17.8 Å². The number of aromatic nitrogens is 1. The number of rotatable bonds is 3. The number of aromatic carboxylic acids is 1. The first-order valence-corrected chi connectivity index (χ1v) is 6.94. The molecule has 0 fully saturated rings. The van der Waals surface area contributed by atoms with Crippen LogP contribution in [-0.4, -0.2) is 26.9 Å². The molecule has 0 aliphatic carbocycles. The monoisotopic (exact) mass is 336 g/mol. The summed E-state index contributed by atoms with van der Waals surface area (Å²) in [6.07, 6.45) is -4.02. The van der Waals surface area contributed by atoms with Gasteiger partial charge >= 0.3 is 12.1 Å². The van der Waals surface area contributed by atoms with Crippen LogP contribution in [0.2, 0.25) is 0 Å². The maximum absolute atomic E-state index is 12.8. The summed E-state index contributed by atoms with van der Waals surface area (Å²) in [7, 11) is 0. The third-order valence-electron chi connectivity index (χ3n) is 3.77. The Balaban J connectivity index is 1.95. The number of halogens is 3. The molecule has 0 saturated heterocycles. The molecular formula is C16H11F3N2O3. The Morgan fingerprint density at radius 2 is 2.00 bits per heavy atom. The molecule has 0 radical (unpaired) electrons. The third-order valence-corrected chi connectivity index (χ3v) is 3.77. The van der Waals surface area contributed by atoms with Gasteiger partial charge in [0.05, 0.1) is 5.56 Å². The van der Waals surface area contributed by atoms with Gasteiger partial charge in [-0.3, -0.25) is 9.78 Å². The van der Waals surface area contributed by atoms with Crippen molar-refractivity contribution in [1.29, 1.82) is 0 Å². The number of carboxylic acid groups (broad SMARTS) is 1. The van der Waals surface area contributed by atoms with Crippen molar-refractivity contribution in [2.24, 2.45) is 0 Å². The summed E-state index contributed by atoms with van der Waals surface area (Å²) in [5.41, 5.74) is -0.423. The van der Waals surface area contributed by atoms with Crippen LogP contribution < -0.4 is 0 Å². The van der Waals surface area contributed by atoms with E-state index in [1.54, 1.807) is 24.3 Å². The van der Waals surface area contributed by atoms with E-state index in [-0.39, 0.29) is 30.1 Å². The Bertz CT molecular complexity index is 834. The molecule has 1 amide bonds. The van der Waals surface area contributed by atoms with Crippen molar-refractivity contribution >= 4 is 11.9 Å². The number of amides is 1. The van der Waals surface area contributed by atoms with Crippen LogP contribution >= 0.6 is 0 Å². The highest BCUT2D eigenvalue weighted by molar-refractivity contribution is 5.98. The molecule has 1 aromatic heterocycles. The van der Waals surface area contributed by atoms with Crippen molar-refractivity contribution in [1.82, 2.24) is 9.88 Å². The zero-order valence-electron chi connectivity index (χ0n) is 12.2. The molecule has 0 bridgehead atoms. The van der Waals surface area contributed by atoms with Crippen LogP contribution in [0.15, 0.2) is 36.5 Å². The summed E-state index contributed by atoms with van der Waals surface area (Å²) in [5.74, 6) is -1.73. The lowest BCUT2D eigenvalue weighted by atomic mass is 10.1. The second kappa shape index (κ2) is 5.63. The zero-order chi connectivity index (χ0) is 17.5. The second-order valence-electron chi connectivity index (χ2n) is 5.35. The summed E-state index contributed by atoms with van der Waals surface area (Å²) in [6, 6.07) is 7.51. The lowest BCUT2D eigenvalue weighted by Gasteiger charge is -2.18. The third kappa shape index (κ3) is 2.82. The first kappa shape index (κ1) is 16.0. The van der Waals surface area contributed by atoms with E-state index >= 15 is 0 Å². The lowest BCUT2D eigenvalue weighted by Crippen LogP contribution is -2.25. The van der Waals surface area contributed by atoms with Gasteiger partial charge in [-0.05, 0) is 23.3 Å². The highest BCUT2D eigenvalue weighted by Crippen LogP contribution is 2.30. The number of pyridine rings is 1. The molecule has 8 heteroatoms. The molecule has 1 aliphatic rings. The van der Waals surface area contributed by atoms with E-state index in [1.807, 2.05) is 0 Å². The number of alkyl halides is 3. The first-order chi connectivity index (χ1) is 11.3.